The van der Waals surface area contributed by atoms with Gasteiger partial charge in [-0.1, -0.05) is 28.4 Å². The highest BCUT2D eigenvalue weighted by Gasteiger charge is 2.13. The van der Waals surface area contributed by atoms with Gasteiger partial charge in [-0.15, -0.1) is 11.3 Å². The maximum absolute atomic E-state index is 12.1. The van der Waals surface area contributed by atoms with Gasteiger partial charge < -0.3 is 4.84 Å². The van der Waals surface area contributed by atoms with E-state index in [0.29, 0.717) is 15.8 Å². The number of benzene rings is 1. The fraction of sp³-hybridized carbons (Fsp3) is 0.0714. The first-order chi connectivity index (χ1) is 11.5. The van der Waals surface area contributed by atoms with E-state index in [-0.39, 0.29) is 17.2 Å². The zero-order chi connectivity index (χ0) is 17.5. The minimum atomic E-state index is -0.423. The molecule has 1 amide bonds. The van der Waals surface area contributed by atoms with Crippen molar-refractivity contribution in [2.24, 2.45) is 5.16 Å². The minimum Gasteiger partial charge on any atom is -0.388 e. The fourth-order valence-electron chi connectivity index (χ4n) is 1.50. The second kappa shape index (κ2) is 8.27. The molecule has 2 aromatic rings. The van der Waals surface area contributed by atoms with Crippen LogP contribution in [0.3, 0.4) is 0 Å². The fourth-order valence-corrected chi connectivity index (χ4v) is 2.68. The van der Waals surface area contributed by atoms with Crippen LogP contribution in [0.15, 0.2) is 28.7 Å². The maximum atomic E-state index is 12.1. The number of anilines is 1. The molecule has 0 bridgehead atoms. The minimum absolute atomic E-state index is 0.0407. The Hall–Kier alpha value is -2.65. The lowest BCUT2D eigenvalue weighted by atomic mass is 10.2. The molecule has 10 heteroatoms. The van der Waals surface area contributed by atoms with Crippen molar-refractivity contribution < 1.29 is 9.63 Å². The van der Waals surface area contributed by atoms with Crippen LogP contribution in [0.4, 0.5) is 5.13 Å². The number of nitriles is 2. The molecule has 1 N–H and O–H groups in total. The third-order valence-electron chi connectivity index (χ3n) is 2.53. The lowest BCUT2D eigenvalue weighted by molar-refractivity contribution is 0.102. The number of amides is 1. The first kappa shape index (κ1) is 17.7. The number of carbonyl (C=O) groups is 1. The Morgan fingerprint density at radius 3 is 2.79 bits per heavy atom. The number of aromatic nitrogens is 1. The summed E-state index contributed by atoms with van der Waals surface area (Å²) < 4.78 is 0. The Kier molecular flexibility index (Phi) is 6.10. The van der Waals surface area contributed by atoms with Gasteiger partial charge in [0.25, 0.3) is 11.6 Å². The SMILES string of the molecule is N#CC(C#N)=NOCc1csc(NC(=O)c2ccc(Cl)cc2Cl)n1. The summed E-state index contributed by atoms with van der Waals surface area (Å²) in [5.41, 5.74) is 0.360. The summed E-state index contributed by atoms with van der Waals surface area (Å²) in [6.45, 7) is -0.0407. The van der Waals surface area contributed by atoms with Crippen LogP contribution in [-0.2, 0) is 11.4 Å². The molecule has 0 spiro atoms. The lowest BCUT2D eigenvalue weighted by Gasteiger charge is -2.04. The van der Waals surface area contributed by atoms with Crippen molar-refractivity contribution >= 4 is 51.3 Å². The van der Waals surface area contributed by atoms with Crippen LogP contribution in [0.1, 0.15) is 16.1 Å². The van der Waals surface area contributed by atoms with Crippen LogP contribution in [-0.4, -0.2) is 16.6 Å². The first-order valence-electron chi connectivity index (χ1n) is 6.24. The number of nitrogens with one attached hydrogen (secondary N) is 1. The van der Waals surface area contributed by atoms with E-state index >= 15 is 0 Å². The third-order valence-corrected chi connectivity index (χ3v) is 3.88. The van der Waals surface area contributed by atoms with Crippen molar-refractivity contribution in [1.29, 1.82) is 10.5 Å². The quantitative estimate of drug-likeness (QED) is 0.629. The molecule has 7 nitrogen and oxygen atoms in total. The second-order valence-electron chi connectivity index (χ2n) is 4.16. The predicted octanol–water partition coefficient (Wildman–Crippen LogP) is 3.62. The van der Waals surface area contributed by atoms with Crippen molar-refractivity contribution in [3.63, 3.8) is 0 Å². The number of nitrogens with zero attached hydrogens (tertiary/aromatic N) is 4. The largest absolute Gasteiger partial charge is 0.388 e. The molecular formula is C14H7Cl2N5O2S. The Bertz CT molecular complexity index is 866. The van der Waals surface area contributed by atoms with E-state index in [1.807, 2.05) is 0 Å². The number of carbonyl (C=O) groups excluding carboxylic acids is 1. The molecule has 0 aliphatic rings. The van der Waals surface area contributed by atoms with Crippen LogP contribution in [0.25, 0.3) is 0 Å². The van der Waals surface area contributed by atoms with Crippen LogP contribution >= 0.6 is 34.5 Å². The number of hydrogen-bond donors (Lipinski definition) is 1. The molecule has 24 heavy (non-hydrogen) atoms. The average molecular weight is 380 g/mol. The first-order valence-corrected chi connectivity index (χ1v) is 7.88. The number of thiazole rings is 1. The predicted molar refractivity (Wildman–Crippen MR) is 90.0 cm³/mol. The standard InChI is InChI=1S/C14H7Cl2N5O2S/c15-8-1-2-11(12(16)3-8)13(22)20-14-19-10(7-24-14)6-23-21-9(4-17)5-18/h1-3,7H,6H2,(H,19,20,22). The zero-order valence-corrected chi connectivity index (χ0v) is 14.1. The van der Waals surface area contributed by atoms with Gasteiger partial charge in [-0.3, -0.25) is 10.1 Å². The summed E-state index contributed by atoms with van der Waals surface area (Å²) in [6, 6.07) is 7.67. The zero-order valence-electron chi connectivity index (χ0n) is 11.8. The smallest absolute Gasteiger partial charge is 0.258 e. The topological polar surface area (TPSA) is 111 Å². The molecular weight excluding hydrogens is 373 g/mol. The van der Waals surface area contributed by atoms with Gasteiger partial charge in [0.05, 0.1) is 16.3 Å². The van der Waals surface area contributed by atoms with Crippen LogP contribution in [0, 0.1) is 22.7 Å². The van der Waals surface area contributed by atoms with Gasteiger partial charge in [-0.25, -0.2) is 4.98 Å². The molecule has 0 fully saturated rings. The van der Waals surface area contributed by atoms with Crippen molar-refractivity contribution in [3.8, 4) is 12.1 Å². The molecule has 0 atom stereocenters. The van der Waals surface area contributed by atoms with Gasteiger partial charge in [0, 0.05) is 10.4 Å². The van der Waals surface area contributed by atoms with Crippen molar-refractivity contribution in [3.05, 3.63) is 44.9 Å². The summed E-state index contributed by atoms with van der Waals surface area (Å²) >= 11 is 12.9. The van der Waals surface area contributed by atoms with Gasteiger partial charge in [-0.2, -0.15) is 10.5 Å². The van der Waals surface area contributed by atoms with Crippen LogP contribution < -0.4 is 5.32 Å². The van der Waals surface area contributed by atoms with Gasteiger partial charge in [0.1, 0.15) is 12.1 Å². The molecule has 1 heterocycles. The second-order valence-corrected chi connectivity index (χ2v) is 5.86. The molecule has 0 saturated carbocycles. The highest BCUT2D eigenvalue weighted by atomic mass is 35.5. The van der Waals surface area contributed by atoms with Gasteiger partial charge in [-0.05, 0) is 18.2 Å². The lowest BCUT2D eigenvalue weighted by Crippen LogP contribution is -2.12. The third kappa shape index (κ3) is 4.67. The summed E-state index contributed by atoms with van der Waals surface area (Å²) in [5.74, 6) is -0.423. The van der Waals surface area contributed by atoms with E-state index in [2.05, 4.69) is 15.5 Å². The van der Waals surface area contributed by atoms with Gasteiger partial charge in [0.2, 0.25) is 0 Å². The molecule has 120 valence electrons. The van der Waals surface area contributed by atoms with Crippen molar-refractivity contribution in [2.75, 3.05) is 5.32 Å². The van der Waals surface area contributed by atoms with E-state index < -0.39 is 11.6 Å². The normalized spacial score (nSPS) is 9.50. The number of oxime groups is 1. The highest BCUT2D eigenvalue weighted by molar-refractivity contribution is 7.14. The average Bonchev–Trinajstić information content (AvgIpc) is 2.98. The number of rotatable bonds is 5. The van der Waals surface area contributed by atoms with E-state index in [1.54, 1.807) is 23.6 Å². The summed E-state index contributed by atoms with van der Waals surface area (Å²) in [7, 11) is 0. The maximum Gasteiger partial charge on any atom is 0.258 e. The van der Waals surface area contributed by atoms with E-state index in [9.17, 15) is 4.79 Å². The van der Waals surface area contributed by atoms with E-state index in [4.69, 9.17) is 38.6 Å². The molecule has 1 aromatic heterocycles. The summed E-state index contributed by atoms with van der Waals surface area (Å²) in [6.07, 6.45) is 0. The molecule has 0 saturated heterocycles. The molecule has 0 radical (unpaired) electrons. The molecule has 0 unspecified atom stereocenters. The summed E-state index contributed by atoms with van der Waals surface area (Å²) in [5, 5.41) is 25.6. The van der Waals surface area contributed by atoms with Crippen LogP contribution in [0.5, 0.6) is 0 Å². The van der Waals surface area contributed by atoms with Crippen molar-refractivity contribution in [1.82, 2.24) is 4.98 Å². The molecule has 0 aliphatic heterocycles. The monoisotopic (exact) mass is 379 g/mol. The molecule has 0 aliphatic carbocycles. The van der Waals surface area contributed by atoms with E-state index in [1.165, 1.54) is 23.5 Å². The Labute approximate surface area is 150 Å². The van der Waals surface area contributed by atoms with E-state index in [0.717, 1.165) is 0 Å². The number of hydrogen-bond acceptors (Lipinski definition) is 7. The van der Waals surface area contributed by atoms with Crippen molar-refractivity contribution in [2.45, 2.75) is 6.61 Å². The Morgan fingerprint density at radius 1 is 1.38 bits per heavy atom. The molecule has 2 rings (SSSR count). The Balaban J connectivity index is 1.99. The van der Waals surface area contributed by atoms with Gasteiger partial charge >= 0.3 is 0 Å². The number of halogens is 2. The van der Waals surface area contributed by atoms with Gasteiger partial charge in [0.15, 0.2) is 11.7 Å². The summed E-state index contributed by atoms with van der Waals surface area (Å²) in [4.78, 5) is 21.1. The highest BCUT2D eigenvalue weighted by Crippen LogP contribution is 2.23. The Morgan fingerprint density at radius 2 is 2.12 bits per heavy atom. The molecule has 1 aromatic carbocycles. The van der Waals surface area contributed by atoms with Crippen LogP contribution in [0.2, 0.25) is 10.0 Å².